The van der Waals surface area contributed by atoms with E-state index < -0.39 is 0 Å². The molecule has 0 fully saturated rings. The smallest absolute Gasteiger partial charge is 0.254 e. The van der Waals surface area contributed by atoms with Crippen LogP contribution in [0.25, 0.3) is 0 Å². The van der Waals surface area contributed by atoms with E-state index in [0.717, 1.165) is 0 Å². The van der Waals surface area contributed by atoms with Gasteiger partial charge in [-0.15, -0.1) is 0 Å². The molecule has 4 N–H and O–H groups in total. The highest BCUT2D eigenvalue weighted by molar-refractivity contribution is 5.95. The average molecular weight is 279 g/mol. The van der Waals surface area contributed by atoms with E-state index in [9.17, 15) is 9.90 Å². The van der Waals surface area contributed by atoms with Crippen molar-refractivity contribution in [2.75, 3.05) is 6.54 Å². The van der Waals surface area contributed by atoms with Gasteiger partial charge >= 0.3 is 0 Å². The van der Waals surface area contributed by atoms with Gasteiger partial charge in [0.25, 0.3) is 5.91 Å². The molecule has 1 amide bonds. The Morgan fingerprint density at radius 2 is 2.10 bits per heavy atom. The summed E-state index contributed by atoms with van der Waals surface area (Å²) in [4.78, 5) is 14.1. The van der Waals surface area contributed by atoms with Crippen molar-refractivity contribution in [3.63, 3.8) is 0 Å². The molecule has 1 aromatic rings. The molecule has 6 heteroatoms. The highest BCUT2D eigenvalue weighted by Gasteiger charge is 2.19. The molecule has 0 aliphatic heterocycles. The van der Waals surface area contributed by atoms with Crippen molar-refractivity contribution in [2.45, 2.75) is 33.2 Å². The Kier molecular flexibility index (Phi) is 5.37. The first-order chi connectivity index (χ1) is 9.36. The summed E-state index contributed by atoms with van der Waals surface area (Å²) in [6.45, 7) is 5.91. The Bertz CT molecular complexity index is 512. The molecule has 0 heterocycles. The number of hydrogen-bond donors (Lipinski definition) is 3. The predicted octanol–water partition coefficient (Wildman–Crippen LogP) is 1.69. The molecule has 0 unspecified atom stereocenters. The van der Waals surface area contributed by atoms with Crippen molar-refractivity contribution >= 4 is 11.7 Å². The number of aryl methyl sites for hydroxylation is 1. The lowest BCUT2D eigenvalue weighted by Gasteiger charge is -2.26. The maximum absolute atomic E-state index is 12.5. The molecule has 0 bridgehead atoms. The number of carbonyl (C=O) groups is 1. The van der Waals surface area contributed by atoms with Crippen LogP contribution in [0.3, 0.4) is 0 Å². The van der Waals surface area contributed by atoms with Gasteiger partial charge in [0.05, 0.1) is 0 Å². The van der Waals surface area contributed by atoms with Gasteiger partial charge in [0.15, 0.2) is 0 Å². The fraction of sp³-hybridized carbons (Fsp3) is 0.429. The van der Waals surface area contributed by atoms with E-state index in [1.165, 1.54) is 6.07 Å². The number of phenolic OH excluding ortho intramolecular Hbond substituents is 1. The molecule has 20 heavy (non-hydrogen) atoms. The first kappa shape index (κ1) is 15.8. The minimum absolute atomic E-state index is 0.0110. The second kappa shape index (κ2) is 6.79. The van der Waals surface area contributed by atoms with E-state index in [2.05, 4.69) is 5.16 Å². The number of oxime groups is 1. The number of hydrogen-bond acceptors (Lipinski definition) is 4. The maximum atomic E-state index is 12.5. The molecule has 0 aliphatic carbocycles. The fourth-order valence-corrected chi connectivity index (χ4v) is 1.83. The van der Waals surface area contributed by atoms with Crippen LogP contribution in [0.2, 0.25) is 0 Å². The molecule has 1 aromatic carbocycles. The molecule has 0 aromatic heterocycles. The zero-order valence-corrected chi connectivity index (χ0v) is 12.0. The summed E-state index contributed by atoms with van der Waals surface area (Å²) in [5, 5.41) is 20.9. The molecular formula is C14H21N3O3. The van der Waals surface area contributed by atoms with Crippen LogP contribution in [0, 0.1) is 6.92 Å². The average Bonchev–Trinajstić information content (AvgIpc) is 2.41. The van der Waals surface area contributed by atoms with Gasteiger partial charge in [0.1, 0.15) is 11.6 Å². The molecule has 110 valence electrons. The third-order valence-corrected chi connectivity index (χ3v) is 3.07. The summed E-state index contributed by atoms with van der Waals surface area (Å²) in [6.07, 6.45) is 0.303. The Labute approximate surface area is 118 Å². The minimum Gasteiger partial charge on any atom is -0.508 e. The number of nitrogens with zero attached hydrogens (tertiary/aromatic N) is 2. The van der Waals surface area contributed by atoms with E-state index in [4.69, 9.17) is 10.9 Å². The number of carbonyl (C=O) groups excluding carboxylic acids is 1. The summed E-state index contributed by atoms with van der Waals surface area (Å²) < 4.78 is 0. The molecule has 1 rings (SSSR count). The first-order valence-electron chi connectivity index (χ1n) is 6.43. The Hall–Kier alpha value is -2.24. The van der Waals surface area contributed by atoms with Crippen molar-refractivity contribution in [2.24, 2.45) is 10.9 Å². The molecule has 0 saturated carbocycles. The van der Waals surface area contributed by atoms with Crippen molar-refractivity contribution in [1.29, 1.82) is 0 Å². The summed E-state index contributed by atoms with van der Waals surface area (Å²) in [6, 6.07) is 4.73. The van der Waals surface area contributed by atoms with Crippen LogP contribution in [0.5, 0.6) is 5.75 Å². The van der Waals surface area contributed by atoms with Crippen molar-refractivity contribution in [3.05, 3.63) is 29.3 Å². The van der Waals surface area contributed by atoms with Gasteiger partial charge in [-0.05, 0) is 44.5 Å². The molecule has 0 radical (unpaired) electrons. The van der Waals surface area contributed by atoms with E-state index in [1.807, 2.05) is 13.8 Å². The van der Waals surface area contributed by atoms with E-state index in [-0.39, 0.29) is 23.5 Å². The largest absolute Gasteiger partial charge is 0.508 e. The van der Waals surface area contributed by atoms with Gasteiger partial charge in [0, 0.05) is 24.6 Å². The Morgan fingerprint density at radius 1 is 1.45 bits per heavy atom. The molecule has 0 saturated heterocycles. The van der Waals surface area contributed by atoms with Gasteiger partial charge in [-0.25, -0.2) is 0 Å². The number of rotatable bonds is 5. The number of amides is 1. The molecule has 0 aliphatic rings. The summed E-state index contributed by atoms with van der Waals surface area (Å²) >= 11 is 0. The van der Waals surface area contributed by atoms with Crippen LogP contribution in [0.1, 0.15) is 36.2 Å². The van der Waals surface area contributed by atoms with Gasteiger partial charge < -0.3 is 20.9 Å². The second-order valence-corrected chi connectivity index (χ2v) is 4.93. The number of nitrogens with two attached hydrogens (primary N) is 1. The van der Waals surface area contributed by atoms with Gasteiger partial charge in [0.2, 0.25) is 0 Å². The third kappa shape index (κ3) is 3.88. The van der Waals surface area contributed by atoms with E-state index in [1.54, 1.807) is 24.0 Å². The molecule has 6 nitrogen and oxygen atoms in total. The maximum Gasteiger partial charge on any atom is 0.254 e. The lowest BCUT2D eigenvalue weighted by atomic mass is 10.1. The molecule has 0 atom stereocenters. The second-order valence-electron chi connectivity index (χ2n) is 4.93. The van der Waals surface area contributed by atoms with Crippen LogP contribution in [-0.2, 0) is 0 Å². The first-order valence-corrected chi connectivity index (χ1v) is 6.43. The quantitative estimate of drug-likeness (QED) is 0.330. The lowest BCUT2D eigenvalue weighted by Crippen LogP contribution is -2.39. The molecule has 0 spiro atoms. The van der Waals surface area contributed by atoms with Crippen molar-refractivity contribution in [3.8, 4) is 5.75 Å². The Balaban J connectivity index is 2.90. The summed E-state index contributed by atoms with van der Waals surface area (Å²) in [7, 11) is 0. The van der Waals surface area contributed by atoms with Crippen LogP contribution >= 0.6 is 0 Å². The van der Waals surface area contributed by atoms with Crippen LogP contribution in [0.15, 0.2) is 23.4 Å². The van der Waals surface area contributed by atoms with Gasteiger partial charge in [-0.3, -0.25) is 4.79 Å². The number of phenols is 1. The highest BCUT2D eigenvalue weighted by atomic mass is 16.4. The third-order valence-electron chi connectivity index (χ3n) is 3.07. The summed E-state index contributed by atoms with van der Waals surface area (Å²) in [5.74, 6) is 0.105. The normalized spacial score (nSPS) is 11.7. The van der Waals surface area contributed by atoms with Crippen LogP contribution in [-0.4, -0.2) is 39.5 Å². The highest BCUT2D eigenvalue weighted by Crippen LogP contribution is 2.19. The van der Waals surface area contributed by atoms with Crippen LogP contribution < -0.4 is 5.73 Å². The lowest BCUT2D eigenvalue weighted by molar-refractivity contribution is 0.0711. The van der Waals surface area contributed by atoms with Crippen LogP contribution in [0.4, 0.5) is 0 Å². The van der Waals surface area contributed by atoms with E-state index in [0.29, 0.717) is 24.1 Å². The number of aromatic hydroxyl groups is 1. The monoisotopic (exact) mass is 279 g/mol. The SMILES string of the molecule is Cc1cc(C(=O)N(CC/C(N)=N/O)C(C)C)ccc1O. The Morgan fingerprint density at radius 3 is 2.60 bits per heavy atom. The topological polar surface area (TPSA) is 99.2 Å². The predicted molar refractivity (Wildman–Crippen MR) is 77.0 cm³/mol. The number of benzene rings is 1. The zero-order valence-electron chi connectivity index (χ0n) is 12.0. The molecular weight excluding hydrogens is 258 g/mol. The summed E-state index contributed by atoms with van der Waals surface area (Å²) in [5.41, 5.74) is 6.59. The van der Waals surface area contributed by atoms with E-state index >= 15 is 0 Å². The van der Waals surface area contributed by atoms with Crippen molar-refractivity contribution < 1.29 is 15.1 Å². The standard InChI is InChI=1S/C14H21N3O3/c1-9(2)17(7-6-13(15)16-20)14(19)11-4-5-12(18)10(3)8-11/h4-5,8-9,18,20H,6-7H2,1-3H3,(H2,15,16). The minimum atomic E-state index is -0.145. The zero-order chi connectivity index (χ0) is 15.3. The van der Waals surface area contributed by atoms with Gasteiger partial charge in [-0.2, -0.15) is 0 Å². The fourth-order valence-electron chi connectivity index (χ4n) is 1.83. The van der Waals surface area contributed by atoms with Crippen molar-refractivity contribution in [1.82, 2.24) is 4.90 Å². The number of amidine groups is 1. The van der Waals surface area contributed by atoms with Gasteiger partial charge in [-0.1, -0.05) is 5.16 Å².